The number of hydrogen-bond donors (Lipinski definition) is 2. The highest BCUT2D eigenvalue weighted by Crippen LogP contribution is 2.14. The van der Waals surface area contributed by atoms with Gasteiger partial charge in [0.1, 0.15) is 19.3 Å². The van der Waals surface area contributed by atoms with Gasteiger partial charge in [-0.25, -0.2) is 14.4 Å². The number of alkyl carbamates (subject to hydrolysis) is 2. The van der Waals surface area contributed by atoms with E-state index in [-0.39, 0.29) is 52.2 Å². The summed E-state index contributed by atoms with van der Waals surface area (Å²) in [7, 11) is 3.08. The monoisotopic (exact) mass is 535 g/mol. The van der Waals surface area contributed by atoms with Gasteiger partial charge in [0, 0.05) is 33.6 Å². The zero-order chi connectivity index (χ0) is 27.3. The van der Waals surface area contributed by atoms with Crippen molar-refractivity contribution in [3.05, 3.63) is 0 Å². The smallest absolute Gasteiger partial charge is 0.407 e. The van der Waals surface area contributed by atoms with E-state index in [2.05, 4.69) is 10.6 Å². The molecule has 4 amide bonds. The number of imide groups is 1. The van der Waals surface area contributed by atoms with Crippen molar-refractivity contribution in [2.24, 2.45) is 0 Å². The van der Waals surface area contributed by atoms with Crippen molar-refractivity contribution in [3.8, 4) is 0 Å². The summed E-state index contributed by atoms with van der Waals surface area (Å²) in [6.45, 7) is 2.20. The van der Waals surface area contributed by atoms with Crippen LogP contribution in [0.1, 0.15) is 32.1 Å². The second-order valence-corrected chi connectivity index (χ2v) is 7.59. The van der Waals surface area contributed by atoms with E-state index >= 15 is 0 Å². The fourth-order valence-corrected chi connectivity index (χ4v) is 2.83. The third-order valence-corrected chi connectivity index (χ3v) is 4.74. The molecule has 0 radical (unpaired) electrons. The van der Waals surface area contributed by atoms with Crippen molar-refractivity contribution in [2.45, 2.75) is 38.1 Å². The molecule has 1 aliphatic rings. The standard InChI is InChI=1S/C22H37N3O12/c1-31-9-11-33-13-15-35-21(29)23-8-4-3-5-17(20(28)37-25-18(26)6-7-19(25)27)24-22(30)36-16-14-34-12-10-32-2/h17H,3-16H2,1-2H3,(H,23,29)(H,24,30). The maximum Gasteiger partial charge on any atom is 0.407 e. The van der Waals surface area contributed by atoms with Crippen molar-refractivity contribution in [1.29, 1.82) is 0 Å². The average molecular weight is 536 g/mol. The molecular formula is C22H37N3O12. The largest absolute Gasteiger partial charge is 0.447 e. The van der Waals surface area contributed by atoms with Gasteiger partial charge in [0.25, 0.3) is 11.8 Å². The minimum atomic E-state index is -1.20. The highest BCUT2D eigenvalue weighted by Gasteiger charge is 2.35. The summed E-state index contributed by atoms with van der Waals surface area (Å²) in [6.07, 6.45) is -0.722. The molecular weight excluding hydrogens is 498 g/mol. The molecule has 37 heavy (non-hydrogen) atoms. The highest BCUT2D eigenvalue weighted by atomic mass is 16.7. The van der Waals surface area contributed by atoms with Crippen molar-refractivity contribution in [2.75, 3.05) is 73.6 Å². The Hall–Kier alpha value is -3.01. The van der Waals surface area contributed by atoms with E-state index in [1.165, 1.54) is 7.11 Å². The second-order valence-electron chi connectivity index (χ2n) is 7.59. The molecule has 1 aliphatic heterocycles. The molecule has 15 nitrogen and oxygen atoms in total. The number of hydroxylamine groups is 2. The lowest BCUT2D eigenvalue weighted by Gasteiger charge is -2.20. The Morgan fingerprint density at radius 1 is 0.784 bits per heavy atom. The first-order chi connectivity index (χ1) is 17.9. The lowest BCUT2D eigenvalue weighted by Crippen LogP contribution is -2.45. The van der Waals surface area contributed by atoms with Crippen LogP contribution in [0.25, 0.3) is 0 Å². The molecule has 1 rings (SSSR count). The number of hydrogen-bond acceptors (Lipinski definition) is 12. The van der Waals surface area contributed by atoms with Gasteiger partial charge in [-0.1, -0.05) is 0 Å². The predicted molar refractivity (Wildman–Crippen MR) is 124 cm³/mol. The molecule has 1 saturated heterocycles. The molecule has 1 fully saturated rings. The Morgan fingerprint density at radius 3 is 1.89 bits per heavy atom. The van der Waals surface area contributed by atoms with E-state index in [0.29, 0.717) is 44.3 Å². The number of ether oxygens (including phenoxy) is 6. The lowest BCUT2D eigenvalue weighted by molar-refractivity contribution is -0.199. The van der Waals surface area contributed by atoms with Gasteiger partial charge in [-0.05, 0) is 19.3 Å². The maximum absolute atomic E-state index is 12.6. The number of rotatable bonds is 20. The molecule has 0 bridgehead atoms. The van der Waals surface area contributed by atoms with Gasteiger partial charge in [-0.2, -0.15) is 0 Å². The van der Waals surface area contributed by atoms with E-state index in [0.717, 1.165) is 0 Å². The summed E-state index contributed by atoms with van der Waals surface area (Å²) in [5, 5.41) is 5.33. The first-order valence-corrected chi connectivity index (χ1v) is 11.9. The number of carbonyl (C=O) groups excluding carboxylic acids is 5. The molecule has 212 valence electrons. The number of amides is 4. The van der Waals surface area contributed by atoms with E-state index in [9.17, 15) is 24.0 Å². The lowest BCUT2D eigenvalue weighted by atomic mass is 10.1. The van der Waals surface area contributed by atoms with Crippen LogP contribution in [0, 0.1) is 0 Å². The first kappa shape index (κ1) is 32.0. The molecule has 15 heteroatoms. The number of nitrogens with zero attached hydrogens (tertiary/aromatic N) is 1. The Morgan fingerprint density at radius 2 is 1.32 bits per heavy atom. The van der Waals surface area contributed by atoms with Crippen LogP contribution in [0.5, 0.6) is 0 Å². The molecule has 0 aromatic rings. The van der Waals surface area contributed by atoms with Crippen LogP contribution in [0.4, 0.5) is 9.59 Å². The van der Waals surface area contributed by atoms with Gasteiger partial charge in [-0.3, -0.25) is 9.59 Å². The summed E-state index contributed by atoms with van der Waals surface area (Å²) in [4.78, 5) is 64.8. The summed E-state index contributed by atoms with van der Waals surface area (Å²) >= 11 is 0. The van der Waals surface area contributed by atoms with Crippen LogP contribution in [-0.4, -0.2) is 115 Å². The Bertz CT molecular complexity index is 705. The number of nitrogens with one attached hydrogen (secondary N) is 2. The molecule has 2 N–H and O–H groups in total. The molecule has 0 aromatic carbocycles. The van der Waals surface area contributed by atoms with Crippen LogP contribution in [0.2, 0.25) is 0 Å². The van der Waals surface area contributed by atoms with Crippen molar-refractivity contribution in [3.63, 3.8) is 0 Å². The summed E-state index contributed by atoms with van der Waals surface area (Å²) in [5.74, 6) is -2.27. The topological polar surface area (TPSA) is 177 Å². The van der Waals surface area contributed by atoms with E-state index in [1.807, 2.05) is 0 Å². The molecule has 0 spiro atoms. The van der Waals surface area contributed by atoms with Gasteiger partial charge in [0.15, 0.2) is 0 Å². The summed E-state index contributed by atoms with van der Waals surface area (Å²) in [5.41, 5.74) is 0. The first-order valence-electron chi connectivity index (χ1n) is 11.9. The Balaban J connectivity index is 2.40. The van der Waals surface area contributed by atoms with E-state index < -0.39 is 36.0 Å². The fraction of sp³-hybridized carbons (Fsp3) is 0.773. The molecule has 1 unspecified atom stereocenters. The normalized spacial score (nSPS) is 13.8. The summed E-state index contributed by atoms with van der Waals surface area (Å²) < 4.78 is 30.0. The number of methoxy groups -OCH3 is 2. The van der Waals surface area contributed by atoms with Gasteiger partial charge >= 0.3 is 18.2 Å². The third kappa shape index (κ3) is 15.0. The minimum Gasteiger partial charge on any atom is -0.447 e. The van der Waals surface area contributed by atoms with Crippen LogP contribution < -0.4 is 10.6 Å². The molecule has 1 heterocycles. The number of carbonyl (C=O) groups is 5. The van der Waals surface area contributed by atoms with Gasteiger partial charge < -0.3 is 43.9 Å². The van der Waals surface area contributed by atoms with Gasteiger partial charge in [-0.15, -0.1) is 5.06 Å². The SMILES string of the molecule is COCCOCCOC(=O)NCCCCC(NC(=O)OCCOCCOC)C(=O)ON1C(=O)CCC1=O. The summed E-state index contributed by atoms with van der Waals surface area (Å²) in [6, 6.07) is -1.20. The molecule has 0 aliphatic carbocycles. The van der Waals surface area contributed by atoms with Crippen molar-refractivity contribution >= 4 is 30.0 Å². The minimum absolute atomic E-state index is 0.0592. The second kappa shape index (κ2) is 20.1. The van der Waals surface area contributed by atoms with Crippen molar-refractivity contribution in [1.82, 2.24) is 15.7 Å². The Labute approximate surface area is 215 Å². The van der Waals surface area contributed by atoms with Crippen LogP contribution >= 0.6 is 0 Å². The zero-order valence-electron chi connectivity index (χ0n) is 21.3. The van der Waals surface area contributed by atoms with Crippen LogP contribution in [0.15, 0.2) is 0 Å². The quantitative estimate of drug-likeness (QED) is 0.157. The zero-order valence-corrected chi connectivity index (χ0v) is 21.3. The van der Waals surface area contributed by atoms with E-state index in [4.69, 9.17) is 33.3 Å². The van der Waals surface area contributed by atoms with Crippen LogP contribution in [-0.2, 0) is 47.6 Å². The maximum atomic E-state index is 12.6. The highest BCUT2D eigenvalue weighted by molar-refractivity contribution is 6.01. The third-order valence-electron chi connectivity index (χ3n) is 4.74. The molecule has 1 atom stereocenters. The average Bonchev–Trinajstić information content (AvgIpc) is 3.19. The van der Waals surface area contributed by atoms with Gasteiger partial charge in [0.05, 0.1) is 39.6 Å². The predicted octanol–water partition coefficient (Wildman–Crippen LogP) is -0.0891. The number of unbranched alkanes of at least 4 members (excludes halogenated alkanes) is 1. The van der Waals surface area contributed by atoms with Crippen molar-refractivity contribution < 1.29 is 57.2 Å². The molecule has 0 aromatic heterocycles. The Kier molecular flexibility index (Phi) is 17.4. The fourth-order valence-electron chi connectivity index (χ4n) is 2.83. The molecule has 0 saturated carbocycles. The van der Waals surface area contributed by atoms with Crippen LogP contribution in [0.3, 0.4) is 0 Å². The van der Waals surface area contributed by atoms with E-state index in [1.54, 1.807) is 7.11 Å². The van der Waals surface area contributed by atoms with Gasteiger partial charge in [0.2, 0.25) is 0 Å².